The van der Waals surface area contributed by atoms with Gasteiger partial charge in [0.05, 0.1) is 5.56 Å². The van der Waals surface area contributed by atoms with Gasteiger partial charge in [0.15, 0.2) is 6.61 Å². The fourth-order valence-corrected chi connectivity index (χ4v) is 2.81. The van der Waals surface area contributed by atoms with Crippen LogP contribution in [0.25, 0.3) is 0 Å². The molecule has 27 heavy (non-hydrogen) atoms. The molecule has 0 atom stereocenters. The monoisotopic (exact) mass is 390 g/mol. The number of benzene rings is 2. The zero-order valence-corrected chi connectivity index (χ0v) is 15.3. The van der Waals surface area contributed by atoms with Gasteiger partial charge in [0, 0.05) is 17.2 Å². The number of ether oxygens (including phenoxy) is 1. The third-order valence-corrected chi connectivity index (χ3v) is 4.33. The van der Waals surface area contributed by atoms with Crippen LogP contribution < -0.4 is 10.6 Å². The lowest BCUT2D eigenvalue weighted by Crippen LogP contribution is -2.34. The molecular formula is C19H19FN2O4S. The third-order valence-electron chi connectivity index (χ3n) is 3.31. The maximum Gasteiger partial charge on any atom is 0.325 e. The second kappa shape index (κ2) is 11.0. The number of carbonyl (C=O) groups is 3. The summed E-state index contributed by atoms with van der Waals surface area (Å²) in [5.74, 6) is -1.95. The van der Waals surface area contributed by atoms with Crippen LogP contribution in [0.5, 0.6) is 0 Å². The van der Waals surface area contributed by atoms with Crippen molar-refractivity contribution in [2.75, 3.05) is 25.4 Å². The van der Waals surface area contributed by atoms with E-state index in [2.05, 4.69) is 10.6 Å². The van der Waals surface area contributed by atoms with E-state index in [1.165, 1.54) is 18.2 Å². The molecule has 2 N–H and O–H groups in total. The molecule has 0 aliphatic rings. The van der Waals surface area contributed by atoms with E-state index in [9.17, 15) is 18.8 Å². The molecule has 2 aromatic carbocycles. The van der Waals surface area contributed by atoms with Gasteiger partial charge in [0.2, 0.25) is 0 Å². The molecule has 0 aliphatic carbocycles. The van der Waals surface area contributed by atoms with E-state index in [1.807, 2.05) is 30.3 Å². The third kappa shape index (κ3) is 7.49. The minimum absolute atomic E-state index is 0.168. The standard InChI is InChI=1S/C19H19FN2O4S/c20-16-9-5-4-8-15(16)19(25)22-12-18(24)26-13-17(23)21-10-11-27-14-6-2-1-3-7-14/h1-9H,10-13H2,(H,21,23)(H,22,25). The minimum Gasteiger partial charge on any atom is -0.454 e. The van der Waals surface area contributed by atoms with E-state index in [-0.39, 0.29) is 5.56 Å². The van der Waals surface area contributed by atoms with E-state index in [0.717, 1.165) is 11.0 Å². The Labute approximate surface area is 160 Å². The minimum atomic E-state index is -0.784. The molecule has 2 amide bonds. The molecule has 0 fully saturated rings. The second-order valence-corrected chi connectivity index (χ2v) is 6.50. The van der Waals surface area contributed by atoms with E-state index in [4.69, 9.17) is 4.74 Å². The summed E-state index contributed by atoms with van der Waals surface area (Å²) in [6.07, 6.45) is 0. The summed E-state index contributed by atoms with van der Waals surface area (Å²) in [7, 11) is 0. The molecule has 0 radical (unpaired) electrons. The first-order chi connectivity index (χ1) is 13.1. The number of halogens is 1. The summed E-state index contributed by atoms with van der Waals surface area (Å²) in [4.78, 5) is 36.1. The fourth-order valence-electron chi connectivity index (χ4n) is 2.02. The highest BCUT2D eigenvalue weighted by atomic mass is 32.2. The summed E-state index contributed by atoms with van der Waals surface area (Å²) in [5, 5.41) is 4.88. The van der Waals surface area contributed by atoms with Gasteiger partial charge in [0.1, 0.15) is 12.4 Å². The zero-order valence-electron chi connectivity index (χ0n) is 14.4. The van der Waals surface area contributed by atoms with Crippen molar-refractivity contribution in [1.82, 2.24) is 10.6 Å². The average molecular weight is 390 g/mol. The molecule has 8 heteroatoms. The number of thioether (sulfide) groups is 1. The number of nitrogens with one attached hydrogen (secondary N) is 2. The first-order valence-corrected chi connectivity index (χ1v) is 9.17. The van der Waals surface area contributed by atoms with Crippen molar-refractivity contribution in [3.05, 3.63) is 66.0 Å². The molecule has 0 aromatic heterocycles. The predicted molar refractivity (Wildman–Crippen MR) is 99.9 cm³/mol. The van der Waals surface area contributed by atoms with Crippen molar-refractivity contribution in [2.24, 2.45) is 0 Å². The Morgan fingerprint density at radius 1 is 0.963 bits per heavy atom. The number of carbonyl (C=O) groups excluding carboxylic acids is 3. The van der Waals surface area contributed by atoms with E-state index < -0.39 is 36.8 Å². The first-order valence-electron chi connectivity index (χ1n) is 8.19. The quantitative estimate of drug-likeness (QED) is 0.389. The molecule has 0 aliphatic heterocycles. The topological polar surface area (TPSA) is 84.5 Å². The summed E-state index contributed by atoms with van der Waals surface area (Å²) >= 11 is 1.60. The van der Waals surface area contributed by atoms with Crippen LogP contribution in [0.15, 0.2) is 59.5 Å². The van der Waals surface area contributed by atoms with Crippen LogP contribution >= 0.6 is 11.8 Å². The number of hydrogen-bond donors (Lipinski definition) is 2. The van der Waals surface area contributed by atoms with Crippen molar-refractivity contribution in [3.63, 3.8) is 0 Å². The molecule has 0 heterocycles. The van der Waals surface area contributed by atoms with Gasteiger partial charge in [0.25, 0.3) is 11.8 Å². The first kappa shape index (κ1) is 20.4. The van der Waals surface area contributed by atoms with Crippen molar-refractivity contribution < 1.29 is 23.5 Å². The van der Waals surface area contributed by atoms with Crippen molar-refractivity contribution in [2.45, 2.75) is 4.90 Å². The summed E-state index contributed by atoms with van der Waals surface area (Å²) < 4.78 is 18.2. The Morgan fingerprint density at radius 2 is 1.67 bits per heavy atom. The number of esters is 1. The van der Waals surface area contributed by atoms with Gasteiger partial charge in [-0.15, -0.1) is 11.8 Å². The highest BCUT2D eigenvalue weighted by molar-refractivity contribution is 7.99. The Bertz CT molecular complexity index is 786. The Balaban J connectivity index is 1.58. The van der Waals surface area contributed by atoms with Gasteiger partial charge in [-0.2, -0.15) is 0 Å². The van der Waals surface area contributed by atoms with Gasteiger partial charge in [-0.1, -0.05) is 30.3 Å². The highest BCUT2D eigenvalue weighted by Gasteiger charge is 2.13. The van der Waals surface area contributed by atoms with Crippen molar-refractivity contribution in [3.8, 4) is 0 Å². The fraction of sp³-hybridized carbons (Fsp3) is 0.211. The highest BCUT2D eigenvalue weighted by Crippen LogP contribution is 2.15. The summed E-state index contributed by atoms with van der Waals surface area (Å²) in [5.41, 5.74) is -0.168. The van der Waals surface area contributed by atoms with Crippen LogP contribution in [0.2, 0.25) is 0 Å². The number of rotatable bonds is 9. The van der Waals surface area contributed by atoms with Gasteiger partial charge >= 0.3 is 5.97 Å². The lowest BCUT2D eigenvalue weighted by Gasteiger charge is -2.08. The summed E-state index contributed by atoms with van der Waals surface area (Å²) in [6.45, 7) is -0.464. The molecule has 0 spiro atoms. The molecule has 2 aromatic rings. The lowest BCUT2D eigenvalue weighted by atomic mass is 10.2. The Hall–Kier alpha value is -2.87. The van der Waals surface area contributed by atoms with Gasteiger partial charge in [-0.25, -0.2) is 4.39 Å². The van der Waals surface area contributed by atoms with E-state index in [1.54, 1.807) is 11.8 Å². The Kier molecular flexibility index (Phi) is 8.31. The molecule has 2 rings (SSSR count). The maximum atomic E-state index is 13.4. The maximum absolute atomic E-state index is 13.4. The van der Waals surface area contributed by atoms with Crippen LogP contribution in [0.1, 0.15) is 10.4 Å². The SMILES string of the molecule is O=C(COC(=O)CNC(=O)c1ccccc1F)NCCSc1ccccc1. The number of hydrogen-bond acceptors (Lipinski definition) is 5. The zero-order chi connectivity index (χ0) is 19.5. The molecule has 0 unspecified atom stereocenters. The van der Waals surface area contributed by atoms with Crippen LogP contribution in [0.4, 0.5) is 4.39 Å². The number of amides is 2. The summed E-state index contributed by atoms with van der Waals surface area (Å²) in [6, 6.07) is 15.2. The van der Waals surface area contributed by atoms with Crippen LogP contribution in [-0.4, -0.2) is 43.2 Å². The molecule has 0 saturated carbocycles. The normalized spacial score (nSPS) is 10.1. The second-order valence-electron chi connectivity index (χ2n) is 5.33. The van der Waals surface area contributed by atoms with Crippen molar-refractivity contribution in [1.29, 1.82) is 0 Å². The van der Waals surface area contributed by atoms with Gasteiger partial charge in [-0.05, 0) is 24.3 Å². The Morgan fingerprint density at radius 3 is 2.41 bits per heavy atom. The predicted octanol–water partition coefficient (Wildman–Crippen LogP) is 2.01. The van der Waals surface area contributed by atoms with Crippen LogP contribution in [0, 0.1) is 5.82 Å². The molecule has 0 saturated heterocycles. The van der Waals surface area contributed by atoms with Crippen LogP contribution in [0.3, 0.4) is 0 Å². The van der Waals surface area contributed by atoms with Crippen molar-refractivity contribution >= 4 is 29.5 Å². The van der Waals surface area contributed by atoms with Gasteiger partial charge in [-0.3, -0.25) is 14.4 Å². The molecule has 142 valence electrons. The van der Waals surface area contributed by atoms with E-state index >= 15 is 0 Å². The largest absolute Gasteiger partial charge is 0.454 e. The lowest BCUT2D eigenvalue weighted by molar-refractivity contribution is -0.147. The van der Waals surface area contributed by atoms with E-state index in [0.29, 0.717) is 12.3 Å². The molecule has 6 nitrogen and oxygen atoms in total. The molecular weight excluding hydrogens is 371 g/mol. The smallest absolute Gasteiger partial charge is 0.325 e. The van der Waals surface area contributed by atoms with Crippen LogP contribution in [-0.2, 0) is 14.3 Å². The average Bonchev–Trinajstić information content (AvgIpc) is 2.69. The molecule has 0 bridgehead atoms. The van der Waals surface area contributed by atoms with Gasteiger partial charge < -0.3 is 15.4 Å².